The van der Waals surface area contributed by atoms with Crippen LogP contribution in [0.3, 0.4) is 0 Å². The summed E-state index contributed by atoms with van der Waals surface area (Å²) in [7, 11) is -3.61. The molecule has 0 aliphatic heterocycles. The molecule has 0 N–H and O–H groups in total. The number of ether oxygens (including phenoxy) is 1. The molecule has 2 aromatic carbocycles. The lowest BCUT2D eigenvalue weighted by Crippen LogP contribution is -2.37. The molecule has 0 fully saturated rings. The first-order chi connectivity index (χ1) is 14.2. The van der Waals surface area contributed by atoms with Gasteiger partial charge in [0.05, 0.1) is 12.9 Å². The van der Waals surface area contributed by atoms with Crippen molar-refractivity contribution in [2.24, 2.45) is 0 Å². The first-order valence-electron chi connectivity index (χ1n) is 10.3. The van der Waals surface area contributed by atoms with Crippen LogP contribution in [0.5, 0.6) is 11.5 Å². The first-order valence-corrected chi connectivity index (χ1v) is 12.1. The van der Waals surface area contributed by atoms with Gasteiger partial charge in [0.25, 0.3) is 5.91 Å². The highest BCUT2D eigenvalue weighted by atomic mass is 32.2. The summed E-state index contributed by atoms with van der Waals surface area (Å²) in [5.74, 6) is 0.903. The van der Waals surface area contributed by atoms with E-state index in [1.807, 2.05) is 32.0 Å². The third kappa shape index (κ3) is 7.37. The minimum atomic E-state index is -3.61. The topological polar surface area (TPSA) is 72.9 Å². The van der Waals surface area contributed by atoms with Gasteiger partial charge in [-0.3, -0.25) is 4.79 Å². The van der Waals surface area contributed by atoms with E-state index in [4.69, 9.17) is 8.92 Å². The molecule has 1 amide bonds. The van der Waals surface area contributed by atoms with Crippen molar-refractivity contribution in [3.63, 3.8) is 0 Å². The zero-order chi connectivity index (χ0) is 22.1. The smallest absolute Gasteiger partial charge is 0.306 e. The summed E-state index contributed by atoms with van der Waals surface area (Å²) in [4.78, 5) is 15.0. The van der Waals surface area contributed by atoms with E-state index >= 15 is 0 Å². The van der Waals surface area contributed by atoms with E-state index in [0.29, 0.717) is 18.7 Å². The van der Waals surface area contributed by atoms with Crippen molar-refractivity contribution in [1.29, 1.82) is 0 Å². The van der Waals surface area contributed by atoms with Crippen molar-refractivity contribution in [2.45, 2.75) is 52.6 Å². The molecular formula is C23H31NO5S. The average Bonchev–Trinajstić information content (AvgIpc) is 2.71. The number of nitrogens with zero attached hydrogens (tertiary/aromatic N) is 1. The van der Waals surface area contributed by atoms with Gasteiger partial charge >= 0.3 is 10.1 Å². The average molecular weight is 434 g/mol. The molecule has 2 aromatic rings. The highest BCUT2D eigenvalue weighted by Crippen LogP contribution is 2.21. The minimum Gasteiger partial charge on any atom is -0.494 e. The molecule has 164 valence electrons. The Balaban J connectivity index is 2.17. The Bertz CT molecular complexity index is 925. The van der Waals surface area contributed by atoms with Crippen LogP contribution in [0.2, 0.25) is 0 Å². The number of hydrogen-bond acceptors (Lipinski definition) is 5. The lowest BCUT2D eigenvalue weighted by atomic mass is 10.1. The second kappa shape index (κ2) is 11.0. The molecule has 30 heavy (non-hydrogen) atoms. The van der Waals surface area contributed by atoms with Gasteiger partial charge in [0, 0.05) is 18.2 Å². The molecule has 0 spiro atoms. The highest BCUT2D eigenvalue weighted by molar-refractivity contribution is 7.86. The predicted octanol–water partition coefficient (Wildman–Crippen LogP) is 4.64. The molecule has 0 saturated heterocycles. The van der Waals surface area contributed by atoms with Crippen molar-refractivity contribution >= 4 is 16.0 Å². The number of carbonyl (C=O) groups is 1. The SMILES string of the molecule is CCCCOc1ccc(C(=O)N(Cc2cccc(OS(C)(=O)=O)c2)C(C)CC)cc1. The molecule has 1 atom stereocenters. The summed E-state index contributed by atoms with van der Waals surface area (Å²) in [5, 5.41) is 0. The Hall–Kier alpha value is -2.54. The van der Waals surface area contributed by atoms with Crippen molar-refractivity contribution in [3.8, 4) is 11.5 Å². The Morgan fingerprint density at radius 1 is 1.07 bits per heavy atom. The molecule has 0 heterocycles. The number of hydrogen-bond donors (Lipinski definition) is 0. The van der Waals surface area contributed by atoms with E-state index in [1.54, 1.807) is 35.2 Å². The predicted molar refractivity (Wildman–Crippen MR) is 118 cm³/mol. The Kier molecular flexibility index (Phi) is 8.72. The number of carbonyl (C=O) groups excluding carboxylic acids is 1. The summed E-state index contributed by atoms with van der Waals surface area (Å²) in [6.45, 7) is 7.14. The number of unbranched alkanes of at least 4 members (excludes halogenated alkanes) is 1. The number of amides is 1. The van der Waals surface area contributed by atoms with Gasteiger partial charge in [0.15, 0.2) is 0 Å². The monoisotopic (exact) mass is 433 g/mol. The summed E-state index contributed by atoms with van der Waals surface area (Å²) < 4.78 is 33.4. The summed E-state index contributed by atoms with van der Waals surface area (Å²) in [5.41, 5.74) is 1.38. The fourth-order valence-corrected chi connectivity index (χ4v) is 3.36. The van der Waals surface area contributed by atoms with Crippen LogP contribution in [0.1, 0.15) is 56.0 Å². The maximum absolute atomic E-state index is 13.2. The largest absolute Gasteiger partial charge is 0.494 e. The van der Waals surface area contributed by atoms with Gasteiger partial charge in [-0.2, -0.15) is 8.42 Å². The molecule has 0 saturated carbocycles. The van der Waals surface area contributed by atoms with Gasteiger partial charge in [-0.15, -0.1) is 0 Å². The van der Waals surface area contributed by atoms with E-state index in [1.165, 1.54) is 0 Å². The molecule has 2 rings (SSSR count). The second-order valence-electron chi connectivity index (χ2n) is 7.35. The summed E-state index contributed by atoms with van der Waals surface area (Å²) in [6, 6.07) is 14.0. The van der Waals surface area contributed by atoms with Crippen LogP contribution in [-0.4, -0.2) is 38.1 Å². The second-order valence-corrected chi connectivity index (χ2v) is 8.93. The van der Waals surface area contributed by atoms with Crippen LogP contribution in [-0.2, 0) is 16.7 Å². The zero-order valence-electron chi connectivity index (χ0n) is 18.1. The summed E-state index contributed by atoms with van der Waals surface area (Å²) >= 11 is 0. The van der Waals surface area contributed by atoms with Gasteiger partial charge in [-0.25, -0.2) is 0 Å². The quantitative estimate of drug-likeness (QED) is 0.381. The van der Waals surface area contributed by atoms with Gasteiger partial charge in [0.2, 0.25) is 0 Å². The third-order valence-corrected chi connectivity index (χ3v) is 5.25. The van der Waals surface area contributed by atoms with Gasteiger partial charge in [-0.1, -0.05) is 32.4 Å². The maximum Gasteiger partial charge on any atom is 0.306 e. The highest BCUT2D eigenvalue weighted by Gasteiger charge is 2.21. The standard InChI is InChI=1S/C23H31NO5S/c1-5-7-15-28-21-13-11-20(12-14-21)23(25)24(18(3)6-2)17-19-9-8-10-22(16-19)29-30(4,26)27/h8-14,16,18H,5-7,15,17H2,1-4H3. The Labute approximate surface area is 179 Å². The van der Waals surface area contributed by atoms with E-state index in [-0.39, 0.29) is 17.7 Å². The van der Waals surface area contributed by atoms with Crippen molar-refractivity contribution in [3.05, 3.63) is 59.7 Å². The van der Waals surface area contributed by atoms with E-state index in [0.717, 1.165) is 36.8 Å². The molecule has 0 aromatic heterocycles. The van der Waals surface area contributed by atoms with Crippen LogP contribution < -0.4 is 8.92 Å². The molecule has 0 aliphatic carbocycles. The fourth-order valence-electron chi connectivity index (χ4n) is 2.91. The number of benzene rings is 2. The van der Waals surface area contributed by atoms with Crippen LogP contribution in [0.4, 0.5) is 0 Å². The Morgan fingerprint density at radius 3 is 2.37 bits per heavy atom. The molecule has 0 bridgehead atoms. The normalized spacial score (nSPS) is 12.3. The molecule has 7 heteroatoms. The first kappa shape index (κ1) is 23.7. The summed E-state index contributed by atoms with van der Waals surface area (Å²) in [6.07, 6.45) is 3.86. The maximum atomic E-state index is 13.2. The van der Waals surface area contributed by atoms with Crippen LogP contribution in [0.15, 0.2) is 48.5 Å². The van der Waals surface area contributed by atoms with Crippen molar-refractivity contribution in [2.75, 3.05) is 12.9 Å². The Morgan fingerprint density at radius 2 is 1.77 bits per heavy atom. The van der Waals surface area contributed by atoms with E-state index in [9.17, 15) is 13.2 Å². The van der Waals surface area contributed by atoms with E-state index < -0.39 is 10.1 Å². The van der Waals surface area contributed by atoms with Crippen LogP contribution in [0.25, 0.3) is 0 Å². The van der Waals surface area contributed by atoms with Crippen molar-refractivity contribution in [1.82, 2.24) is 4.90 Å². The van der Waals surface area contributed by atoms with E-state index in [2.05, 4.69) is 6.92 Å². The van der Waals surface area contributed by atoms with Crippen LogP contribution >= 0.6 is 0 Å². The molecule has 0 radical (unpaired) electrons. The van der Waals surface area contributed by atoms with Crippen LogP contribution in [0, 0.1) is 0 Å². The van der Waals surface area contributed by atoms with Crippen molar-refractivity contribution < 1.29 is 22.1 Å². The molecule has 1 unspecified atom stereocenters. The number of rotatable bonds is 11. The van der Waals surface area contributed by atoms with Gasteiger partial charge in [0.1, 0.15) is 11.5 Å². The minimum absolute atomic E-state index is 0.0115. The lowest BCUT2D eigenvalue weighted by Gasteiger charge is -2.29. The molecule has 6 nitrogen and oxygen atoms in total. The molecular weight excluding hydrogens is 402 g/mol. The lowest BCUT2D eigenvalue weighted by molar-refractivity contribution is 0.0671. The molecule has 0 aliphatic rings. The zero-order valence-corrected chi connectivity index (χ0v) is 18.9. The fraction of sp³-hybridized carbons (Fsp3) is 0.435. The third-order valence-electron chi connectivity index (χ3n) is 4.75. The van der Waals surface area contributed by atoms with Gasteiger partial charge < -0.3 is 13.8 Å². The van der Waals surface area contributed by atoms with Gasteiger partial charge in [-0.05, 0) is 61.7 Å².